The summed E-state index contributed by atoms with van der Waals surface area (Å²) in [6.45, 7) is 4.19. The number of aromatic nitrogens is 1. The summed E-state index contributed by atoms with van der Waals surface area (Å²) in [6.07, 6.45) is 7.77. The minimum Gasteiger partial charge on any atom is -0.477 e. The van der Waals surface area contributed by atoms with Crippen LogP contribution in [0.3, 0.4) is 0 Å². The number of carbonyl (C=O) groups is 3. The van der Waals surface area contributed by atoms with Crippen LogP contribution >= 0.6 is 0 Å². The molecule has 1 aromatic heterocycles. The molecule has 2 aromatic rings. The first-order valence-corrected chi connectivity index (χ1v) is 14.3. The third-order valence-electron chi connectivity index (χ3n) is 9.30. The monoisotopic (exact) mass is 525 g/mol. The molecule has 0 bridgehead atoms. The van der Waals surface area contributed by atoms with Gasteiger partial charge in [0.05, 0.1) is 6.67 Å². The Balaban J connectivity index is 1.34. The van der Waals surface area contributed by atoms with Crippen molar-refractivity contribution in [1.29, 1.82) is 0 Å². The van der Waals surface area contributed by atoms with Crippen LogP contribution in [0.1, 0.15) is 74.3 Å². The van der Waals surface area contributed by atoms with Crippen LogP contribution in [0.2, 0.25) is 0 Å². The number of aromatic amines is 1. The zero-order valence-corrected chi connectivity index (χ0v) is 22.3. The third kappa shape index (κ3) is 5.51. The van der Waals surface area contributed by atoms with Gasteiger partial charge >= 0.3 is 5.97 Å². The van der Waals surface area contributed by atoms with Gasteiger partial charge in [0.2, 0.25) is 5.91 Å². The molecule has 1 saturated carbocycles. The van der Waals surface area contributed by atoms with Crippen molar-refractivity contribution in [3.63, 3.8) is 0 Å². The van der Waals surface area contributed by atoms with Gasteiger partial charge in [0.15, 0.2) is 5.78 Å². The van der Waals surface area contributed by atoms with Crippen molar-refractivity contribution in [2.24, 2.45) is 17.8 Å². The zero-order chi connectivity index (χ0) is 26.8. The Kier molecular flexibility index (Phi) is 8.17. The molecule has 5 rings (SSSR count). The number of rotatable bonds is 8. The van der Waals surface area contributed by atoms with E-state index in [9.17, 15) is 23.9 Å². The van der Waals surface area contributed by atoms with Crippen molar-refractivity contribution in [3.8, 4) is 0 Å². The van der Waals surface area contributed by atoms with E-state index in [1.165, 1.54) is 6.42 Å². The number of likely N-dealkylation sites (tertiary alicyclic amines) is 2. The SMILES string of the molecule is C[C@H](CF)C1CCC(C(=O)N2CC[C@@H](N3CCCCC3)[C@H]2C(=O)Cc2ccc3[nH]c(C(=O)O)cc3c2)CC1. The van der Waals surface area contributed by atoms with E-state index in [-0.39, 0.29) is 48.4 Å². The van der Waals surface area contributed by atoms with Crippen LogP contribution in [-0.2, 0) is 16.0 Å². The fourth-order valence-electron chi connectivity index (χ4n) is 7.05. The lowest BCUT2D eigenvalue weighted by Gasteiger charge is -2.38. The summed E-state index contributed by atoms with van der Waals surface area (Å²) >= 11 is 0. The van der Waals surface area contributed by atoms with Gasteiger partial charge in [-0.3, -0.25) is 18.9 Å². The van der Waals surface area contributed by atoms with E-state index < -0.39 is 12.0 Å². The largest absolute Gasteiger partial charge is 0.477 e. The standard InChI is InChI=1S/C30H40FN3O4/c1-19(18-31)21-6-8-22(9-7-21)29(36)34-14-11-26(33-12-3-2-4-13-33)28(34)27(35)16-20-5-10-24-23(15-20)17-25(32-24)30(37)38/h5,10,15,17,19,21-22,26,28,32H,2-4,6-9,11-14,16,18H2,1H3,(H,37,38)/t19-,21?,22?,26-,28+/m1/s1. The lowest BCUT2D eigenvalue weighted by atomic mass is 9.76. The number of alkyl halides is 1. The summed E-state index contributed by atoms with van der Waals surface area (Å²) in [6, 6.07) is 6.74. The zero-order valence-electron chi connectivity index (χ0n) is 22.3. The molecule has 0 unspecified atom stereocenters. The maximum absolute atomic E-state index is 13.9. The first-order valence-electron chi connectivity index (χ1n) is 14.3. The average Bonchev–Trinajstić information content (AvgIpc) is 3.58. The van der Waals surface area contributed by atoms with Crippen molar-refractivity contribution in [3.05, 3.63) is 35.5 Å². The minimum absolute atomic E-state index is 0.0413. The van der Waals surface area contributed by atoms with Gasteiger partial charge in [0.25, 0.3) is 0 Å². The van der Waals surface area contributed by atoms with Gasteiger partial charge < -0.3 is 15.0 Å². The Labute approximate surface area is 223 Å². The number of carboxylic acid groups (broad SMARTS) is 1. The van der Waals surface area contributed by atoms with Crippen LogP contribution in [0, 0.1) is 17.8 Å². The molecule has 3 fully saturated rings. The molecule has 3 heterocycles. The predicted octanol–water partition coefficient (Wildman–Crippen LogP) is 4.85. The fourth-order valence-corrected chi connectivity index (χ4v) is 7.05. The molecule has 38 heavy (non-hydrogen) atoms. The molecule has 3 atom stereocenters. The van der Waals surface area contributed by atoms with Crippen molar-refractivity contribution in [2.45, 2.75) is 76.8 Å². The minimum atomic E-state index is -1.02. The first-order chi connectivity index (χ1) is 18.4. The van der Waals surface area contributed by atoms with Crippen molar-refractivity contribution >= 4 is 28.6 Å². The highest BCUT2D eigenvalue weighted by molar-refractivity contribution is 5.95. The molecule has 1 aromatic carbocycles. The molecular weight excluding hydrogens is 485 g/mol. The number of H-pyrrole nitrogens is 1. The molecular formula is C30H40FN3O4. The second kappa shape index (κ2) is 11.6. The van der Waals surface area contributed by atoms with Crippen LogP contribution in [0.4, 0.5) is 4.39 Å². The highest BCUT2D eigenvalue weighted by atomic mass is 19.1. The van der Waals surface area contributed by atoms with Gasteiger partial charge in [0, 0.05) is 35.8 Å². The Morgan fingerprint density at radius 2 is 1.76 bits per heavy atom. The summed E-state index contributed by atoms with van der Waals surface area (Å²) in [4.78, 5) is 46.3. The second-order valence-corrected chi connectivity index (χ2v) is 11.7. The molecule has 1 aliphatic carbocycles. The van der Waals surface area contributed by atoms with Gasteiger partial charge in [-0.25, -0.2) is 4.79 Å². The number of amides is 1. The van der Waals surface area contributed by atoms with Gasteiger partial charge in [-0.05, 0) is 93.6 Å². The fraction of sp³-hybridized carbons (Fsp3) is 0.633. The van der Waals surface area contributed by atoms with Crippen molar-refractivity contribution < 1.29 is 23.9 Å². The molecule has 7 nitrogen and oxygen atoms in total. The van der Waals surface area contributed by atoms with Crippen molar-refractivity contribution in [1.82, 2.24) is 14.8 Å². The van der Waals surface area contributed by atoms with Gasteiger partial charge in [-0.15, -0.1) is 0 Å². The maximum Gasteiger partial charge on any atom is 0.352 e. The number of piperidine rings is 1. The number of Topliss-reactive ketones (excluding diaryl/α,β-unsaturated/α-hetero) is 1. The third-order valence-corrected chi connectivity index (χ3v) is 9.30. The van der Waals surface area contributed by atoms with E-state index in [0.717, 1.165) is 74.5 Å². The van der Waals surface area contributed by atoms with Crippen LogP contribution in [0.25, 0.3) is 10.9 Å². The lowest BCUT2D eigenvalue weighted by molar-refractivity contribution is -0.143. The molecule has 2 saturated heterocycles. The topological polar surface area (TPSA) is 93.7 Å². The van der Waals surface area contributed by atoms with Crippen LogP contribution in [0.5, 0.6) is 0 Å². The molecule has 2 N–H and O–H groups in total. The van der Waals surface area contributed by atoms with E-state index in [1.807, 2.05) is 30.0 Å². The Morgan fingerprint density at radius 3 is 2.45 bits per heavy atom. The number of benzene rings is 1. The molecule has 206 valence electrons. The molecule has 2 aliphatic heterocycles. The summed E-state index contributed by atoms with van der Waals surface area (Å²) in [5.41, 5.74) is 1.67. The number of hydrogen-bond acceptors (Lipinski definition) is 4. The molecule has 3 aliphatic rings. The first kappa shape index (κ1) is 26.9. The predicted molar refractivity (Wildman–Crippen MR) is 144 cm³/mol. The number of carboxylic acids is 1. The quantitative estimate of drug-likeness (QED) is 0.514. The highest BCUT2D eigenvalue weighted by Gasteiger charge is 2.46. The average molecular weight is 526 g/mol. The normalized spacial score (nSPS) is 27.5. The number of carbonyl (C=O) groups excluding carboxylic acids is 2. The Hall–Kier alpha value is -2.74. The summed E-state index contributed by atoms with van der Waals surface area (Å²) in [5, 5.41) is 10.1. The van der Waals surface area contributed by atoms with Crippen LogP contribution < -0.4 is 0 Å². The van der Waals surface area contributed by atoms with E-state index in [0.29, 0.717) is 12.5 Å². The maximum atomic E-state index is 13.9. The van der Waals surface area contributed by atoms with E-state index in [2.05, 4.69) is 9.88 Å². The Bertz CT molecular complexity index is 1170. The van der Waals surface area contributed by atoms with Gasteiger partial charge in [-0.1, -0.05) is 19.4 Å². The van der Waals surface area contributed by atoms with Crippen LogP contribution in [-0.4, -0.2) is 75.9 Å². The number of aromatic carboxylic acids is 1. The highest BCUT2D eigenvalue weighted by Crippen LogP contribution is 2.37. The number of nitrogens with one attached hydrogen (secondary N) is 1. The molecule has 0 radical (unpaired) electrons. The second-order valence-electron chi connectivity index (χ2n) is 11.7. The summed E-state index contributed by atoms with van der Waals surface area (Å²) in [5.74, 6) is -0.567. The summed E-state index contributed by atoms with van der Waals surface area (Å²) in [7, 11) is 0. The Morgan fingerprint density at radius 1 is 1.03 bits per heavy atom. The number of halogens is 1. The molecule has 1 amide bonds. The summed E-state index contributed by atoms with van der Waals surface area (Å²) < 4.78 is 13.2. The lowest BCUT2D eigenvalue weighted by Crippen LogP contribution is -2.54. The number of nitrogens with zero attached hydrogens (tertiary/aromatic N) is 2. The number of hydrogen-bond donors (Lipinski definition) is 2. The molecule has 8 heteroatoms. The van der Waals surface area contributed by atoms with Gasteiger partial charge in [0.1, 0.15) is 11.7 Å². The van der Waals surface area contributed by atoms with Crippen LogP contribution in [0.15, 0.2) is 24.3 Å². The number of ketones is 1. The van der Waals surface area contributed by atoms with E-state index in [1.54, 1.807) is 6.07 Å². The van der Waals surface area contributed by atoms with Gasteiger partial charge in [-0.2, -0.15) is 0 Å². The smallest absolute Gasteiger partial charge is 0.352 e. The van der Waals surface area contributed by atoms with E-state index in [4.69, 9.17) is 0 Å². The molecule has 0 spiro atoms. The van der Waals surface area contributed by atoms with E-state index >= 15 is 0 Å². The number of fused-ring (bicyclic) bond motifs is 1. The van der Waals surface area contributed by atoms with Crippen molar-refractivity contribution in [2.75, 3.05) is 26.3 Å².